The van der Waals surface area contributed by atoms with Crippen molar-refractivity contribution in [2.45, 2.75) is 59.3 Å². The molecule has 0 N–H and O–H groups in total. The number of benzene rings is 4. The van der Waals surface area contributed by atoms with Gasteiger partial charge in [-0.3, -0.25) is 6.08 Å². The van der Waals surface area contributed by atoms with Gasteiger partial charge in [-0.2, -0.15) is 11.1 Å². The summed E-state index contributed by atoms with van der Waals surface area (Å²) in [7, 11) is 0. The third-order valence-corrected chi connectivity index (χ3v) is 8.97. The zero-order chi connectivity index (χ0) is 28.9. The molecule has 1 atom stereocenters. The maximum absolute atomic E-state index is 3.53. The van der Waals surface area contributed by atoms with E-state index >= 15 is 0 Å². The van der Waals surface area contributed by atoms with Crippen molar-refractivity contribution in [1.82, 2.24) is 0 Å². The van der Waals surface area contributed by atoms with Crippen LogP contribution in [0.15, 0.2) is 132 Å². The van der Waals surface area contributed by atoms with Crippen LogP contribution < -0.4 is 0 Å². The fourth-order valence-corrected chi connectivity index (χ4v) is 6.37. The second kappa shape index (κ2) is 16.4. The van der Waals surface area contributed by atoms with Crippen LogP contribution in [0.5, 0.6) is 0 Å². The van der Waals surface area contributed by atoms with Crippen LogP contribution in [0.25, 0.3) is 21.5 Å². The fraction of sp³-hybridized carbons (Fsp3) is 0.250. The Morgan fingerprint density at radius 3 is 1.61 bits per heavy atom. The van der Waals surface area contributed by atoms with Crippen molar-refractivity contribution in [3.63, 3.8) is 0 Å². The molecule has 0 radical (unpaired) electrons. The minimum absolute atomic E-state index is 0.654. The van der Waals surface area contributed by atoms with Gasteiger partial charge in [-0.25, -0.2) is 6.08 Å². The molecule has 0 heterocycles. The molecule has 5 aromatic carbocycles. The number of hydrogen-bond donors (Lipinski definition) is 0. The summed E-state index contributed by atoms with van der Waals surface area (Å²) in [6.07, 6.45) is 13.4. The van der Waals surface area contributed by atoms with E-state index in [0.29, 0.717) is 5.92 Å². The second-order valence-corrected chi connectivity index (χ2v) is 11.9. The van der Waals surface area contributed by atoms with Crippen LogP contribution in [0.2, 0.25) is 0 Å². The largest absolute Gasteiger partial charge is 0.126 e. The zero-order valence-electron chi connectivity index (χ0n) is 24.9. The average Bonchev–Trinajstić information content (AvgIpc) is 3.60. The molecule has 5 aromatic rings. The van der Waals surface area contributed by atoms with Gasteiger partial charge in [-0.05, 0) is 6.42 Å². The Morgan fingerprint density at radius 1 is 0.634 bits per heavy atom. The molecule has 0 aliphatic heterocycles. The third-order valence-electron chi connectivity index (χ3n) is 7.56. The molecule has 1 unspecified atom stereocenters. The summed E-state index contributed by atoms with van der Waals surface area (Å²) in [6.45, 7) is 6.80. The number of allylic oxidation sites excluding steroid dienone is 4. The van der Waals surface area contributed by atoms with Gasteiger partial charge < -0.3 is 0 Å². The summed E-state index contributed by atoms with van der Waals surface area (Å²) >= 11 is 1.46. The Morgan fingerprint density at radius 2 is 1.12 bits per heavy atom. The van der Waals surface area contributed by atoms with E-state index in [4.69, 9.17) is 0 Å². The summed E-state index contributed by atoms with van der Waals surface area (Å²) in [4.78, 5) is 0. The van der Waals surface area contributed by atoms with E-state index in [-0.39, 0.29) is 0 Å². The Kier molecular flexibility index (Phi) is 12.4. The van der Waals surface area contributed by atoms with Crippen molar-refractivity contribution in [3.8, 4) is 0 Å². The Balaban J connectivity index is 0.000000142. The number of hydrogen-bond acceptors (Lipinski definition) is 0. The molecule has 41 heavy (non-hydrogen) atoms. The van der Waals surface area contributed by atoms with Crippen LogP contribution in [0.1, 0.15) is 70.4 Å². The first kappa shape index (κ1) is 30.9. The molecule has 1 aliphatic carbocycles. The van der Waals surface area contributed by atoms with Gasteiger partial charge in [0, 0.05) is 0 Å². The van der Waals surface area contributed by atoms with Gasteiger partial charge >= 0.3 is 99.2 Å². The molecule has 0 nitrogen and oxygen atoms in total. The SMILES string of the molecule is CCCC1=C(CCC)C(CCC)[C-]=C1.[Zr+2]=[C](c1ccccc1)c1ccccc1.c1ccc2c(c1)[cH-]c1ccccc12. The molecule has 0 aromatic heterocycles. The Bertz CT molecular complexity index is 1480. The molecule has 0 saturated carbocycles. The monoisotopic (exact) mass is 612 g/mol. The fourth-order valence-electron chi connectivity index (χ4n) is 5.55. The minimum Gasteiger partial charge on any atom is -0.126 e. The number of fused-ring (bicyclic) bond motifs is 3. The first-order valence-corrected chi connectivity index (χ1v) is 16.4. The molecule has 0 saturated heterocycles. The molecule has 206 valence electrons. The smallest absolute Gasteiger partial charge is 0.0771 e. The van der Waals surface area contributed by atoms with Crippen molar-refractivity contribution < 1.29 is 24.2 Å². The van der Waals surface area contributed by atoms with E-state index in [9.17, 15) is 0 Å². The van der Waals surface area contributed by atoms with Gasteiger partial charge in [-0.1, -0.05) is 95.2 Å². The van der Waals surface area contributed by atoms with Crippen LogP contribution >= 0.6 is 0 Å². The van der Waals surface area contributed by atoms with Gasteiger partial charge in [0.25, 0.3) is 0 Å². The predicted molar refractivity (Wildman–Crippen MR) is 176 cm³/mol. The van der Waals surface area contributed by atoms with Crippen LogP contribution in [0.3, 0.4) is 0 Å². The van der Waals surface area contributed by atoms with Gasteiger partial charge in [0.1, 0.15) is 0 Å². The van der Waals surface area contributed by atoms with Crippen molar-refractivity contribution >= 4 is 24.8 Å². The summed E-state index contributed by atoms with van der Waals surface area (Å²) in [5, 5.41) is 5.39. The van der Waals surface area contributed by atoms with E-state index < -0.39 is 0 Å². The van der Waals surface area contributed by atoms with Crippen molar-refractivity contribution in [2.75, 3.05) is 0 Å². The Hall–Kier alpha value is -3.02. The van der Waals surface area contributed by atoms with Crippen molar-refractivity contribution in [3.05, 3.63) is 150 Å². The van der Waals surface area contributed by atoms with Crippen molar-refractivity contribution in [1.29, 1.82) is 0 Å². The predicted octanol–water partition coefficient (Wildman–Crippen LogP) is 11.2. The average molecular weight is 614 g/mol. The zero-order valence-corrected chi connectivity index (χ0v) is 27.3. The summed E-state index contributed by atoms with van der Waals surface area (Å²) < 4.78 is 1.42. The molecule has 0 bridgehead atoms. The van der Waals surface area contributed by atoms with E-state index in [1.54, 1.807) is 11.1 Å². The summed E-state index contributed by atoms with van der Waals surface area (Å²) in [6, 6.07) is 40.4. The van der Waals surface area contributed by atoms with Gasteiger partial charge in [0.05, 0.1) is 0 Å². The van der Waals surface area contributed by atoms with Crippen LogP contribution in [0.4, 0.5) is 0 Å². The normalized spacial score (nSPS) is 14.0. The van der Waals surface area contributed by atoms with Gasteiger partial charge in [-0.15, -0.1) is 39.7 Å². The maximum Gasteiger partial charge on any atom is -0.0771 e. The van der Waals surface area contributed by atoms with Crippen molar-refractivity contribution in [2.24, 2.45) is 5.92 Å². The Labute approximate surface area is 262 Å². The molecule has 1 heteroatoms. The topological polar surface area (TPSA) is 0 Å². The molecule has 0 spiro atoms. The summed E-state index contributed by atoms with van der Waals surface area (Å²) in [5.41, 5.74) is 5.94. The van der Waals surface area contributed by atoms with E-state index in [0.717, 1.165) is 0 Å². The molecule has 1 aliphatic rings. The van der Waals surface area contributed by atoms with E-state index in [1.165, 1.54) is 98.6 Å². The molecule has 0 amide bonds. The standard InChI is InChI=1S/C14H23.C13H9.C13H10.Zr/c1-4-7-12-10-11-13(8-5-2)14(12)9-6-3;1-3-7-12-10(5-1)9-11-6-2-4-8-13(11)12;1-3-7-12(8-4-1)11-13-9-5-2-6-10-13;/h10,13H,4-9H2,1-3H3;1-9H;1-10H;/q2*-1;;+2. The first-order valence-electron chi connectivity index (χ1n) is 15.2. The first-order chi connectivity index (χ1) is 20.2. The van der Waals surface area contributed by atoms with Crippen LogP contribution in [-0.4, -0.2) is 3.21 Å². The molecular weight excluding hydrogens is 572 g/mol. The van der Waals surface area contributed by atoms with Gasteiger partial charge in [0.2, 0.25) is 0 Å². The van der Waals surface area contributed by atoms with E-state index in [1.807, 2.05) is 0 Å². The summed E-state index contributed by atoms with van der Waals surface area (Å²) in [5.74, 6) is 0.654. The van der Waals surface area contributed by atoms with Crippen LogP contribution in [0, 0.1) is 12.0 Å². The van der Waals surface area contributed by atoms with Crippen LogP contribution in [-0.2, 0) is 24.2 Å². The third kappa shape index (κ3) is 8.50. The quantitative estimate of drug-likeness (QED) is 0.153. The minimum atomic E-state index is 0.654. The van der Waals surface area contributed by atoms with Gasteiger partial charge in [0.15, 0.2) is 0 Å². The van der Waals surface area contributed by atoms with E-state index in [2.05, 4.69) is 148 Å². The molecule has 0 fully saturated rings. The molecule has 6 rings (SSSR count). The second-order valence-electron chi connectivity index (χ2n) is 10.6. The maximum atomic E-state index is 3.53. The number of rotatable bonds is 8. The molecular formula is C40H42Zr.